The molecular weight excluding hydrogens is 424 g/mol. The van der Waals surface area contributed by atoms with E-state index < -0.39 is 6.09 Å². The van der Waals surface area contributed by atoms with Crippen LogP contribution in [0.15, 0.2) is 23.0 Å². The van der Waals surface area contributed by atoms with Crippen LogP contribution in [0.1, 0.15) is 32.0 Å². The van der Waals surface area contributed by atoms with Gasteiger partial charge in [-0.15, -0.1) is 0 Å². The van der Waals surface area contributed by atoms with Crippen molar-refractivity contribution in [2.24, 2.45) is 0 Å². The zero-order valence-electron chi connectivity index (χ0n) is 20.3. The number of carbonyl (C=O) groups is 1. The standard InChI is InChI=1S/C24H34N4O5/c1-7-18-21(25-19-13-27(24(30)32-6)14-20(19)33-9-3)23(29)28(8-2)22(26-18)17-11-10-16(31-5)12-15(17)4/h10-12,19-20,25H,7-9,13-14H2,1-6H3/t19?,20-/m0/s1. The Bertz CT molecular complexity index is 1050. The van der Waals surface area contributed by atoms with Gasteiger partial charge in [0.2, 0.25) is 0 Å². The van der Waals surface area contributed by atoms with Gasteiger partial charge in [0.05, 0.1) is 38.6 Å². The third-order valence-corrected chi connectivity index (χ3v) is 5.98. The molecule has 3 rings (SSSR count). The second-order valence-electron chi connectivity index (χ2n) is 7.96. The molecule has 1 amide bonds. The smallest absolute Gasteiger partial charge is 0.409 e. The van der Waals surface area contributed by atoms with Crippen LogP contribution in [0.4, 0.5) is 10.5 Å². The van der Waals surface area contributed by atoms with Crippen molar-refractivity contribution in [2.45, 2.75) is 52.8 Å². The summed E-state index contributed by atoms with van der Waals surface area (Å²) < 4.78 is 17.7. The van der Waals surface area contributed by atoms with Crippen LogP contribution in [0.2, 0.25) is 0 Å². The van der Waals surface area contributed by atoms with Gasteiger partial charge < -0.3 is 24.4 Å². The topological polar surface area (TPSA) is 94.9 Å². The Morgan fingerprint density at radius 2 is 1.97 bits per heavy atom. The average molecular weight is 459 g/mol. The number of nitrogens with one attached hydrogen (secondary N) is 1. The van der Waals surface area contributed by atoms with E-state index >= 15 is 0 Å². The molecule has 9 nitrogen and oxygen atoms in total. The van der Waals surface area contributed by atoms with Crippen molar-refractivity contribution in [3.05, 3.63) is 39.8 Å². The number of anilines is 1. The highest BCUT2D eigenvalue weighted by atomic mass is 16.5. The minimum atomic E-state index is -0.408. The van der Waals surface area contributed by atoms with E-state index in [2.05, 4.69) is 5.32 Å². The molecule has 180 valence electrons. The van der Waals surface area contributed by atoms with Crippen LogP contribution in [0.5, 0.6) is 5.75 Å². The molecule has 1 aliphatic rings. The van der Waals surface area contributed by atoms with Crippen LogP contribution >= 0.6 is 0 Å². The third-order valence-electron chi connectivity index (χ3n) is 5.98. The molecule has 2 atom stereocenters. The lowest BCUT2D eigenvalue weighted by atomic mass is 10.1. The summed E-state index contributed by atoms with van der Waals surface area (Å²) in [7, 11) is 2.99. The van der Waals surface area contributed by atoms with Crippen LogP contribution in [0.25, 0.3) is 11.4 Å². The second-order valence-corrected chi connectivity index (χ2v) is 7.96. The summed E-state index contributed by atoms with van der Waals surface area (Å²) in [6, 6.07) is 5.50. The number of rotatable bonds is 8. The largest absolute Gasteiger partial charge is 0.497 e. The van der Waals surface area contributed by atoms with E-state index in [-0.39, 0.29) is 17.7 Å². The monoisotopic (exact) mass is 458 g/mol. The Balaban J connectivity index is 2.03. The Morgan fingerprint density at radius 1 is 1.21 bits per heavy atom. The second kappa shape index (κ2) is 10.7. The van der Waals surface area contributed by atoms with Crippen molar-refractivity contribution in [1.82, 2.24) is 14.5 Å². The number of aromatic nitrogens is 2. The number of amides is 1. The first-order valence-electron chi connectivity index (χ1n) is 11.4. The number of benzene rings is 1. The lowest BCUT2D eigenvalue weighted by molar-refractivity contribution is 0.0614. The lowest BCUT2D eigenvalue weighted by Crippen LogP contribution is -2.38. The number of nitrogens with zero attached hydrogens (tertiary/aromatic N) is 3. The fourth-order valence-corrected chi connectivity index (χ4v) is 4.27. The van der Waals surface area contributed by atoms with Crippen LogP contribution < -0.4 is 15.6 Å². The fraction of sp³-hybridized carbons (Fsp3) is 0.542. The number of carbonyl (C=O) groups excluding carboxylic acids is 1. The average Bonchev–Trinajstić information content (AvgIpc) is 3.22. The van der Waals surface area contributed by atoms with E-state index in [0.717, 1.165) is 16.9 Å². The van der Waals surface area contributed by atoms with Crippen molar-refractivity contribution in [1.29, 1.82) is 0 Å². The van der Waals surface area contributed by atoms with Crippen LogP contribution in [0.3, 0.4) is 0 Å². The molecule has 1 unspecified atom stereocenters. The van der Waals surface area contributed by atoms with E-state index in [1.165, 1.54) is 7.11 Å². The van der Waals surface area contributed by atoms with Gasteiger partial charge in [-0.05, 0) is 51.0 Å². The predicted octanol–water partition coefficient (Wildman–Crippen LogP) is 3.08. The summed E-state index contributed by atoms with van der Waals surface area (Å²) in [6.45, 7) is 9.55. The van der Waals surface area contributed by atoms with Gasteiger partial charge in [0.15, 0.2) is 0 Å². The molecule has 9 heteroatoms. The maximum absolute atomic E-state index is 13.6. The molecule has 1 aliphatic heterocycles. The Morgan fingerprint density at radius 3 is 2.55 bits per heavy atom. The number of ether oxygens (including phenoxy) is 3. The molecule has 0 spiro atoms. The fourth-order valence-electron chi connectivity index (χ4n) is 4.27. The molecule has 2 heterocycles. The normalized spacial score (nSPS) is 17.8. The molecule has 0 aliphatic carbocycles. The highest BCUT2D eigenvalue weighted by Gasteiger charge is 2.37. The molecule has 0 saturated carbocycles. The Labute approximate surface area is 194 Å². The van der Waals surface area contributed by atoms with Gasteiger partial charge >= 0.3 is 6.09 Å². The number of hydrogen-bond donors (Lipinski definition) is 1. The maximum Gasteiger partial charge on any atom is 0.409 e. The first-order chi connectivity index (χ1) is 15.9. The van der Waals surface area contributed by atoms with E-state index in [9.17, 15) is 9.59 Å². The summed E-state index contributed by atoms with van der Waals surface area (Å²) in [5.41, 5.74) is 2.87. The summed E-state index contributed by atoms with van der Waals surface area (Å²) in [5.74, 6) is 1.39. The van der Waals surface area contributed by atoms with Gasteiger partial charge in [-0.3, -0.25) is 9.36 Å². The molecular formula is C24H34N4O5. The molecule has 1 fully saturated rings. The number of methoxy groups -OCH3 is 2. The third kappa shape index (κ3) is 4.98. The molecule has 1 aromatic heterocycles. The minimum absolute atomic E-state index is 0.138. The van der Waals surface area contributed by atoms with E-state index in [4.69, 9.17) is 19.2 Å². The van der Waals surface area contributed by atoms with Crippen LogP contribution in [0, 0.1) is 6.92 Å². The lowest BCUT2D eigenvalue weighted by Gasteiger charge is -2.23. The first kappa shape index (κ1) is 24.6. The Kier molecular flexibility index (Phi) is 7.97. The van der Waals surface area contributed by atoms with Crippen LogP contribution in [-0.4, -0.2) is 66.6 Å². The zero-order chi connectivity index (χ0) is 24.1. The van der Waals surface area contributed by atoms with E-state index in [1.54, 1.807) is 16.6 Å². The highest BCUT2D eigenvalue weighted by molar-refractivity contribution is 5.68. The summed E-state index contributed by atoms with van der Waals surface area (Å²) in [5, 5.41) is 3.37. The number of aryl methyl sites for hydroxylation is 2. The van der Waals surface area contributed by atoms with Crippen molar-refractivity contribution in [2.75, 3.05) is 39.2 Å². The highest BCUT2D eigenvalue weighted by Crippen LogP contribution is 2.27. The quantitative estimate of drug-likeness (QED) is 0.650. The van der Waals surface area contributed by atoms with Crippen molar-refractivity contribution >= 4 is 11.8 Å². The molecule has 2 aromatic rings. The number of hydrogen-bond acceptors (Lipinski definition) is 7. The van der Waals surface area contributed by atoms with Gasteiger partial charge in [-0.25, -0.2) is 9.78 Å². The molecule has 0 radical (unpaired) electrons. The van der Waals surface area contributed by atoms with Crippen molar-refractivity contribution in [3.8, 4) is 17.1 Å². The van der Waals surface area contributed by atoms with Gasteiger partial charge in [0, 0.05) is 25.3 Å². The summed E-state index contributed by atoms with van der Waals surface area (Å²) in [6.07, 6.45) is -0.0807. The van der Waals surface area contributed by atoms with Gasteiger partial charge in [0.25, 0.3) is 5.56 Å². The molecule has 33 heavy (non-hydrogen) atoms. The number of likely N-dealkylation sites (tertiary alicyclic amines) is 1. The molecule has 0 bridgehead atoms. The minimum Gasteiger partial charge on any atom is -0.497 e. The first-order valence-corrected chi connectivity index (χ1v) is 11.4. The van der Waals surface area contributed by atoms with Gasteiger partial charge in [-0.2, -0.15) is 0 Å². The van der Waals surface area contributed by atoms with E-state index in [1.807, 2.05) is 45.9 Å². The molecule has 1 N–H and O–H groups in total. The Hall–Kier alpha value is -3.07. The van der Waals surface area contributed by atoms with Gasteiger partial charge in [0.1, 0.15) is 17.3 Å². The van der Waals surface area contributed by atoms with Gasteiger partial charge in [-0.1, -0.05) is 6.92 Å². The SMILES string of the molecule is CCO[C@H]1CN(C(=O)OC)CC1Nc1c(CC)nc(-c2ccc(OC)cc2C)n(CC)c1=O. The maximum atomic E-state index is 13.6. The zero-order valence-corrected chi connectivity index (χ0v) is 20.3. The molecule has 1 aromatic carbocycles. The predicted molar refractivity (Wildman–Crippen MR) is 127 cm³/mol. The summed E-state index contributed by atoms with van der Waals surface area (Å²) >= 11 is 0. The van der Waals surface area contributed by atoms with E-state index in [0.29, 0.717) is 49.9 Å². The van der Waals surface area contributed by atoms with Crippen molar-refractivity contribution < 1.29 is 19.0 Å². The molecule has 1 saturated heterocycles. The summed E-state index contributed by atoms with van der Waals surface area (Å²) in [4.78, 5) is 32.2. The van der Waals surface area contributed by atoms with Crippen molar-refractivity contribution in [3.63, 3.8) is 0 Å². The van der Waals surface area contributed by atoms with Crippen LogP contribution in [-0.2, 0) is 22.4 Å².